The molecule has 1 atom stereocenters. The van der Waals surface area contributed by atoms with Crippen LogP contribution in [0, 0.1) is 0 Å². The summed E-state index contributed by atoms with van der Waals surface area (Å²) >= 11 is 0. The van der Waals surface area contributed by atoms with Crippen LogP contribution in [0.2, 0.25) is 0 Å². The Labute approximate surface area is 108 Å². The Balaban J connectivity index is 1.86. The number of fused-ring (bicyclic) bond motifs is 1. The van der Waals surface area contributed by atoms with Crippen LogP contribution in [0.15, 0.2) is 36.5 Å². The molecule has 2 heterocycles. The van der Waals surface area contributed by atoms with Crippen LogP contribution in [0.5, 0.6) is 0 Å². The van der Waals surface area contributed by atoms with E-state index in [1.807, 2.05) is 12.3 Å². The fraction of sp³-hybridized carbons (Fsp3) is 0.400. The molecule has 1 unspecified atom stereocenters. The van der Waals surface area contributed by atoms with Gasteiger partial charge in [0.1, 0.15) is 0 Å². The van der Waals surface area contributed by atoms with Crippen molar-refractivity contribution in [3.8, 4) is 0 Å². The lowest BCUT2D eigenvalue weighted by Crippen LogP contribution is -2.48. The molecule has 0 bridgehead atoms. The van der Waals surface area contributed by atoms with E-state index in [0.29, 0.717) is 6.04 Å². The Morgan fingerprint density at radius 2 is 2.22 bits per heavy atom. The molecule has 1 saturated heterocycles. The summed E-state index contributed by atoms with van der Waals surface area (Å²) < 4.78 is 0. The van der Waals surface area contributed by atoms with Crippen LogP contribution in [0.3, 0.4) is 0 Å². The van der Waals surface area contributed by atoms with Gasteiger partial charge in [0, 0.05) is 43.8 Å². The van der Waals surface area contributed by atoms with Gasteiger partial charge in [-0.25, -0.2) is 0 Å². The summed E-state index contributed by atoms with van der Waals surface area (Å²) in [7, 11) is 0. The average Bonchev–Trinajstić information content (AvgIpc) is 2.39. The predicted molar refractivity (Wildman–Crippen MR) is 74.5 cm³/mol. The first-order valence-corrected chi connectivity index (χ1v) is 6.61. The van der Waals surface area contributed by atoms with Crippen molar-refractivity contribution in [1.29, 1.82) is 0 Å². The number of pyridine rings is 1. The largest absolute Gasteiger partial charge is 0.312 e. The highest BCUT2D eigenvalue weighted by molar-refractivity contribution is 5.81. The second-order valence-electron chi connectivity index (χ2n) is 5.08. The lowest BCUT2D eigenvalue weighted by molar-refractivity contribution is 0.200. The van der Waals surface area contributed by atoms with Crippen molar-refractivity contribution >= 4 is 10.9 Å². The molecule has 1 aromatic carbocycles. The maximum atomic E-state index is 4.52. The summed E-state index contributed by atoms with van der Waals surface area (Å²) in [6, 6.07) is 11.2. The summed E-state index contributed by atoms with van der Waals surface area (Å²) in [6.45, 7) is 6.56. The average molecular weight is 241 g/mol. The molecule has 1 aromatic heterocycles. The second-order valence-corrected chi connectivity index (χ2v) is 5.08. The second kappa shape index (κ2) is 5.04. The number of benzene rings is 1. The Morgan fingerprint density at radius 1 is 1.33 bits per heavy atom. The number of nitrogens with zero attached hydrogens (tertiary/aromatic N) is 2. The summed E-state index contributed by atoms with van der Waals surface area (Å²) in [5.41, 5.74) is 2.48. The summed E-state index contributed by atoms with van der Waals surface area (Å²) in [6.07, 6.45) is 1.88. The first-order chi connectivity index (χ1) is 8.83. The first-order valence-electron chi connectivity index (χ1n) is 6.61. The molecule has 0 amide bonds. The smallest absolute Gasteiger partial charge is 0.0746 e. The standard InChI is InChI=1S/C15H19N3/c1-12-10-18(9-8-16-12)11-14-5-2-4-13-6-3-7-17-15(13)14/h2-7,12,16H,8-11H2,1H3. The van der Waals surface area contributed by atoms with E-state index in [2.05, 4.69) is 46.4 Å². The van der Waals surface area contributed by atoms with Gasteiger partial charge in [-0.3, -0.25) is 9.88 Å². The summed E-state index contributed by atoms with van der Waals surface area (Å²) in [5.74, 6) is 0. The van der Waals surface area contributed by atoms with Gasteiger partial charge in [0.15, 0.2) is 0 Å². The van der Waals surface area contributed by atoms with Gasteiger partial charge in [0.05, 0.1) is 5.52 Å². The van der Waals surface area contributed by atoms with Gasteiger partial charge in [-0.1, -0.05) is 24.3 Å². The number of hydrogen-bond acceptors (Lipinski definition) is 3. The molecule has 2 aromatic rings. The highest BCUT2D eigenvalue weighted by Crippen LogP contribution is 2.18. The van der Waals surface area contributed by atoms with Crippen LogP contribution >= 0.6 is 0 Å². The zero-order valence-electron chi connectivity index (χ0n) is 10.8. The van der Waals surface area contributed by atoms with Gasteiger partial charge in [-0.2, -0.15) is 0 Å². The minimum absolute atomic E-state index is 0.585. The van der Waals surface area contributed by atoms with Crippen molar-refractivity contribution in [1.82, 2.24) is 15.2 Å². The molecule has 3 rings (SSSR count). The third kappa shape index (κ3) is 2.37. The Bertz CT molecular complexity index is 533. The van der Waals surface area contributed by atoms with Gasteiger partial charge in [0.25, 0.3) is 0 Å². The van der Waals surface area contributed by atoms with E-state index in [4.69, 9.17) is 0 Å². The van der Waals surface area contributed by atoms with Crippen molar-refractivity contribution in [3.05, 3.63) is 42.1 Å². The number of piperazine rings is 1. The molecule has 3 nitrogen and oxygen atoms in total. The van der Waals surface area contributed by atoms with Gasteiger partial charge in [0.2, 0.25) is 0 Å². The summed E-state index contributed by atoms with van der Waals surface area (Å²) in [4.78, 5) is 7.03. The molecular weight excluding hydrogens is 222 g/mol. The molecule has 0 radical (unpaired) electrons. The van der Waals surface area contributed by atoms with Crippen LogP contribution in [0.1, 0.15) is 12.5 Å². The molecule has 1 aliphatic heterocycles. The molecule has 0 aliphatic carbocycles. The Hall–Kier alpha value is -1.45. The SMILES string of the molecule is CC1CN(Cc2cccc3cccnc23)CCN1. The third-order valence-electron chi connectivity index (χ3n) is 3.56. The van der Waals surface area contributed by atoms with Gasteiger partial charge < -0.3 is 5.32 Å². The van der Waals surface area contributed by atoms with E-state index >= 15 is 0 Å². The van der Waals surface area contributed by atoms with E-state index in [1.165, 1.54) is 10.9 Å². The van der Waals surface area contributed by atoms with Crippen molar-refractivity contribution < 1.29 is 0 Å². The minimum Gasteiger partial charge on any atom is -0.312 e. The Morgan fingerprint density at radius 3 is 3.11 bits per heavy atom. The molecule has 3 heteroatoms. The van der Waals surface area contributed by atoms with Gasteiger partial charge in [-0.05, 0) is 18.6 Å². The highest BCUT2D eigenvalue weighted by atomic mass is 15.2. The van der Waals surface area contributed by atoms with Crippen LogP contribution in [-0.2, 0) is 6.54 Å². The van der Waals surface area contributed by atoms with E-state index in [0.717, 1.165) is 31.7 Å². The van der Waals surface area contributed by atoms with Crippen molar-refractivity contribution in [2.24, 2.45) is 0 Å². The lowest BCUT2D eigenvalue weighted by atomic mass is 10.1. The number of para-hydroxylation sites is 1. The highest BCUT2D eigenvalue weighted by Gasteiger charge is 2.16. The number of rotatable bonds is 2. The summed E-state index contributed by atoms with van der Waals surface area (Å²) in [5, 5.41) is 4.71. The van der Waals surface area contributed by atoms with Crippen LogP contribution < -0.4 is 5.32 Å². The van der Waals surface area contributed by atoms with Crippen LogP contribution in [-0.4, -0.2) is 35.6 Å². The fourth-order valence-corrected chi connectivity index (χ4v) is 2.69. The zero-order chi connectivity index (χ0) is 12.4. The van der Waals surface area contributed by atoms with Gasteiger partial charge >= 0.3 is 0 Å². The van der Waals surface area contributed by atoms with Crippen LogP contribution in [0.4, 0.5) is 0 Å². The van der Waals surface area contributed by atoms with E-state index in [9.17, 15) is 0 Å². The monoisotopic (exact) mass is 241 g/mol. The molecule has 94 valence electrons. The normalized spacial score (nSPS) is 21.3. The maximum absolute atomic E-state index is 4.52. The third-order valence-corrected chi connectivity index (χ3v) is 3.56. The quantitative estimate of drug-likeness (QED) is 0.872. The number of nitrogens with one attached hydrogen (secondary N) is 1. The van der Waals surface area contributed by atoms with Gasteiger partial charge in [-0.15, -0.1) is 0 Å². The van der Waals surface area contributed by atoms with Crippen molar-refractivity contribution in [2.75, 3.05) is 19.6 Å². The molecular formula is C15H19N3. The van der Waals surface area contributed by atoms with Crippen molar-refractivity contribution in [3.63, 3.8) is 0 Å². The molecule has 1 aliphatic rings. The molecule has 18 heavy (non-hydrogen) atoms. The molecule has 0 spiro atoms. The first kappa shape index (κ1) is 11.6. The number of aromatic nitrogens is 1. The lowest BCUT2D eigenvalue weighted by Gasteiger charge is -2.31. The fourth-order valence-electron chi connectivity index (χ4n) is 2.69. The predicted octanol–water partition coefficient (Wildman–Crippen LogP) is 2.03. The molecule has 1 fully saturated rings. The van der Waals surface area contributed by atoms with Crippen molar-refractivity contribution in [2.45, 2.75) is 19.5 Å². The zero-order valence-corrected chi connectivity index (χ0v) is 10.8. The maximum Gasteiger partial charge on any atom is 0.0746 e. The topological polar surface area (TPSA) is 28.2 Å². The minimum atomic E-state index is 0.585. The van der Waals surface area contributed by atoms with Crippen LogP contribution in [0.25, 0.3) is 10.9 Å². The Kier molecular flexibility index (Phi) is 3.26. The molecule has 1 N–H and O–H groups in total. The number of hydrogen-bond donors (Lipinski definition) is 1. The molecule has 0 saturated carbocycles. The van der Waals surface area contributed by atoms with E-state index in [-0.39, 0.29) is 0 Å². The van der Waals surface area contributed by atoms with E-state index < -0.39 is 0 Å². The van der Waals surface area contributed by atoms with E-state index in [1.54, 1.807) is 0 Å².